The second-order valence-electron chi connectivity index (χ2n) is 9.37. The van der Waals surface area contributed by atoms with E-state index in [9.17, 15) is 17.8 Å². The van der Waals surface area contributed by atoms with Gasteiger partial charge >= 0.3 is 10.3 Å². The number of benzene rings is 1. The fourth-order valence-electron chi connectivity index (χ4n) is 3.67. The molecule has 0 bridgehead atoms. The number of amides is 1. The van der Waals surface area contributed by atoms with Crippen molar-refractivity contribution in [2.75, 3.05) is 17.5 Å². The van der Waals surface area contributed by atoms with E-state index in [1.807, 2.05) is 27.7 Å². The number of carbonyl (C=O) groups excluding carboxylic acids is 1. The first kappa shape index (κ1) is 25.5. The summed E-state index contributed by atoms with van der Waals surface area (Å²) < 4.78 is 43.2. The summed E-state index contributed by atoms with van der Waals surface area (Å²) in [5.41, 5.74) is 0.410. The quantitative estimate of drug-likeness (QED) is 0.580. The first-order chi connectivity index (χ1) is 15.3. The van der Waals surface area contributed by atoms with Crippen molar-refractivity contribution in [3.63, 3.8) is 0 Å². The zero-order chi connectivity index (χ0) is 24.6. The van der Waals surface area contributed by atoms with Gasteiger partial charge in [0.1, 0.15) is 5.69 Å². The Morgan fingerprint density at radius 3 is 2.36 bits per heavy atom. The van der Waals surface area contributed by atoms with Crippen LogP contribution in [0.1, 0.15) is 62.6 Å². The Balaban J connectivity index is 2.22. The smallest absolute Gasteiger partial charge is 0.364 e. The molecule has 1 unspecified atom stereocenters. The second-order valence-corrected chi connectivity index (χ2v) is 11.1. The number of halogens is 1. The molecule has 0 spiro atoms. The van der Waals surface area contributed by atoms with Gasteiger partial charge in [0.25, 0.3) is 5.91 Å². The molecule has 0 saturated carbocycles. The monoisotopic (exact) mass is 498 g/mol. The topological polar surface area (TPSA) is 114 Å². The van der Waals surface area contributed by atoms with E-state index in [1.165, 1.54) is 28.9 Å². The zero-order valence-electron chi connectivity index (χ0n) is 19.5. The van der Waals surface area contributed by atoms with Crippen LogP contribution in [0, 0.1) is 5.41 Å². The molecule has 2 heterocycles. The molecule has 2 N–H and O–H groups in total. The largest absolute Gasteiger partial charge is 0.381 e. The number of hydrogen-bond donors (Lipinski definition) is 2. The maximum atomic E-state index is 13.4. The van der Waals surface area contributed by atoms with Crippen molar-refractivity contribution < 1.29 is 22.5 Å². The Bertz CT molecular complexity index is 1100. The van der Waals surface area contributed by atoms with Crippen LogP contribution in [0.5, 0.6) is 0 Å². The van der Waals surface area contributed by atoms with Crippen molar-refractivity contribution in [1.29, 1.82) is 0 Å². The highest BCUT2D eigenvalue weighted by molar-refractivity contribution is 7.87. The number of hydrogen-bond acceptors (Lipinski definition) is 5. The molecule has 1 aromatic heterocycles. The van der Waals surface area contributed by atoms with Crippen LogP contribution in [0.3, 0.4) is 0 Å². The summed E-state index contributed by atoms with van der Waals surface area (Å²) in [5.74, 6) is -0.624. The van der Waals surface area contributed by atoms with E-state index in [1.54, 1.807) is 7.05 Å². The van der Waals surface area contributed by atoms with Crippen LogP contribution in [-0.2, 0) is 22.1 Å². The molecule has 1 fully saturated rings. The van der Waals surface area contributed by atoms with Gasteiger partial charge in [0.05, 0.1) is 11.4 Å². The van der Waals surface area contributed by atoms with Gasteiger partial charge in [-0.15, -0.1) is 0 Å². The van der Waals surface area contributed by atoms with E-state index >= 15 is 0 Å². The highest BCUT2D eigenvalue weighted by atomic mass is 35.5. The minimum Gasteiger partial charge on any atom is -0.381 e. The van der Waals surface area contributed by atoms with Crippen molar-refractivity contribution in [3.05, 3.63) is 40.7 Å². The van der Waals surface area contributed by atoms with Crippen molar-refractivity contribution in [2.45, 2.75) is 52.5 Å². The van der Waals surface area contributed by atoms with Crippen molar-refractivity contribution in [2.24, 2.45) is 12.5 Å². The van der Waals surface area contributed by atoms with Gasteiger partial charge in [-0.05, 0) is 49.4 Å². The highest BCUT2D eigenvalue weighted by Crippen LogP contribution is 2.40. The minimum atomic E-state index is -4.82. The zero-order valence-corrected chi connectivity index (χ0v) is 21.1. The predicted octanol–water partition coefficient (Wildman–Crippen LogP) is 4.07. The maximum absolute atomic E-state index is 13.4. The molecular formula is C22H31ClN4O5S. The molecule has 11 heteroatoms. The molecule has 1 atom stereocenters. The first-order valence-electron chi connectivity index (χ1n) is 10.8. The minimum absolute atomic E-state index is 0.0350. The van der Waals surface area contributed by atoms with Crippen LogP contribution in [-0.4, -0.2) is 47.9 Å². The molecule has 1 saturated heterocycles. The van der Waals surface area contributed by atoms with Gasteiger partial charge in [-0.3, -0.25) is 14.0 Å². The molecule has 1 aliphatic heterocycles. The van der Waals surface area contributed by atoms with E-state index in [0.29, 0.717) is 36.8 Å². The Morgan fingerprint density at radius 1 is 1.27 bits per heavy atom. The van der Waals surface area contributed by atoms with E-state index < -0.39 is 16.2 Å². The maximum Gasteiger partial charge on any atom is 0.364 e. The number of nitrogens with zero attached hydrogens (tertiary/aromatic N) is 3. The number of carbonyl (C=O) groups is 1. The lowest BCUT2D eigenvalue weighted by molar-refractivity contribution is 0.0845. The van der Waals surface area contributed by atoms with E-state index in [4.69, 9.17) is 16.3 Å². The third-order valence-electron chi connectivity index (χ3n) is 6.01. The molecule has 0 aliphatic carbocycles. The molecule has 1 amide bonds. The Labute approximate surface area is 199 Å². The Morgan fingerprint density at radius 2 is 1.85 bits per heavy atom. The number of ether oxygens (including phenoxy) is 1. The van der Waals surface area contributed by atoms with Gasteiger partial charge in [-0.1, -0.05) is 32.4 Å². The molecule has 1 aromatic carbocycles. The Kier molecular flexibility index (Phi) is 7.42. The van der Waals surface area contributed by atoms with Gasteiger partial charge in [0.15, 0.2) is 5.69 Å². The molecular weight excluding hydrogens is 468 g/mol. The van der Waals surface area contributed by atoms with Gasteiger partial charge in [0, 0.05) is 37.2 Å². The molecule has 182 valence electrons. The highest BCUT2D eigenvalue weighted by Gasteiger charge is 2.37. The summed E-state index contributed by atoms with van der Waals surface area (Å²) in [5, 5.41) is 7.92. The predicted molar refractivity (Wildman–Crippen MR) is 128 cm³/mol. The summed E-state index contributed by atoms with van der Waals surface area (Å²) in [6.45, 7) is 8.86. The number of rotatable bonds is 6. The summed E-state index contributed by atoms with van der Waals surface area (Å²) in [4.78, 5) is 13.4. The van der Waals surface area contributed by atoms with Crippen molar-refractivity contribution >= 4 is 39.2 Å². The average molecular weight is 499 g/mol. The summed E-state index contributed by atoms with van der Waals surface area (Å²) in [7, 11) is -3.23. The normalized spacial score (nSPS) is 16.5. The number of nitrogens with one attached hydrogen (secondary N) is 1. The summed E-state index contributed by atoms with van der Waals surface area (Å²) in [6.07, 6.45) is 1.23. The molecule has 2 aromatic rings. The van der Waals surface area contributed by atoms with Crippen LogP contribution in [0.4, 0.5) is 11.4 Å². The van der Waals surface area contributed by atoms with Crippen LogP contribution in [0.2, 0.25) is 5.02 Å². The molecule has 9 nitrogen and oxygen atoms in total. The van der Waals surface area contributed by atoms with Crippen LogP contribution in [0.25, 0.3) is 0 Å². The fraction of sp³-hybridized carbons (Fsp3) is 0.545. The van der Waals surface area contributed by atoms with Crippen molar-refractivity contribution in [1.82, 2.24) is 15.1 Å². The lowest BCUT2D eigenvalue weighted by Gasteiger charge is -2.29. The SMILES string of the molecule is CC(NC(=O)c1c(N(c2ccc(Cl)cc2)S(=O)(=O)O)c(C2CCOCC2)nn1C)C(C)(C)C. The number of aryl methyl sites for hydroxylation is 1. The first-order valence-corrected chi connectivity index (χ1v) is 12.6. The Hall–Kier alpha value is -2.14. The van der Waals surface area contributed by atoms with Crippen LogP contribution >= 0.6 is 11.6 Å². The third kappa shape index (κ3) is 5.68. The van der Waals surface area contributed by atoms with E-state index in [2.05, 4.69) is 10.4 Å². The standard InChI is InChI=1S/C22H31ClN4O5S/c1-14(22(2,3)4)24-21(28)20-19(18(25-26(20)5)15-10-12-32-13-11-15)27(33(29,30)31)17-8-6-16(23)7-9-17/h6-9,14-15H,10-13H2,1-5H3,(H,24,28)(H,29,30,31). The summed E-state index contributed by atoms with van der Waals surface area (Å²) >= 11 is 5.99. The number of anilines is 2. The molecule has 3 rings (SSSR count). The molecule has 0 radical (unpaired) electrons. The average Bonchev–Trinajstić information content (AvgIpc) is 3.05. The van der Waals surface area contributed by atoms with Crippen LogP contribution < -0.4 is 9.62 Å². The summed E-state index contributed by atoms with van der Waals surface area (Å²) in [6, 6.07) is 5.75. The molecule has 1 aliphatic rings. The van der Waals surface area contributed by atoms with Gasteiger partial charge in [-0.2, -0.15) is 13.5 Å². The van der Waals surface area contributed by atoms with Gasteiger partial charge in [0.2, 0.25) is 0 Å². The van der Waals surface area contributed by atoms with Crippen LogP contribution in [0.15, 0.2) is 24.3 Å². The lowest BCUT2D eigenvalue weighted by atomic mass is 9.88. The van der Waals surface area contributed by atoms with Gasteiger partial charge < -0.3 is 10.1 Å². The third-order valence-corrected chi connectivity index (χ3v) is 7.12. The van der Waals surface area contributed by atoms with E-state index in [-0.39, 0.29) is 34.4 Å². The fourth-order valence-corrected chi connectivity index (χ4v) is 4.59. The second kappa shape index (κ2) is 9.61. The number of aromatic nitrogens is 2. The lowest BCUT2D eigenvalue weighted by Crippen LogP contribution is -2.42. The van der Waals surface area contributed by atoms with Gasteiger partial charge in [-0.25, -0.2) is 4.31 Å². The van der Waals surface area contributed by atoms with E-state index in [0.717, 1.165) is 4.31 Å². The molecule has 33 heavy (non-hydrogen) atoms. The van der Waals surface area contributed by atoms with Crippen molar-refractivity contribution in [3.8, 4) is 0 Å².